The highest BCUT2D eigenvalue weighted by Gasteiger charge is 2.22. The van der Waals surface area contributed by atoms with Gasteiger partial charge < -0.3 is 19.6 Å². The molecule has 3 aromatic rings. The van der Waals surface area contributed by atoms with Gasteiger partial charge in [-0.25, -0.2) is 4.79 Å². The lowest BCUT2D eigenvalue weighted by atomic mass is 10.2. The number of fused-ring (bicyclic) bond motifs is 2. The van der Waals surface area contributed by atoms with Crippen LogP contribution >= 0.6 is 23.4 Å². The van der Waals surface area contributed by atoms with Gasteiger partial charge in [-0.05, 0) is 69.5 Å². The maximum Gasteiger partial charge on any atom is 0.328 e. The predicted molar refractivity (Wildman–Crippen MR) is 142 cm³/mol. The Kier molecular flexibility index (Phi) is 9.45. The van der Waals surface area contributed by atoms with E-state index in [0.29, 0.717) is 5.75 Å². The van der Waals surface area contributed by atoms with Crippen LogP contribution in [0.4, 0.5) is 11.4 Å². The van der Waals surface area contributed by atoms with Crippen molar-refractivity contribution in [2.75, 3.05) is 39.2 Å². The van der Waals surface area contributed by atoms with E-state index in [2.05, 4.69) is 60.3 Å². The summed E-state index contributed by atoms with van der Waals surface area (Å²) in [7, 11) is 5.78. The molecular weight excluding hydrogens is 468 g/mol. The Morgan fingerprint density at radius 1 is 1.06 bits per heavy atom. The first-order valence-electron chi connectivity index (χ1n) is 10.9. The average molecular weight is 497 g/mol. The Hall–Kier alpha value is -2.93. The number of carboxylic acid groups (broad SMARTS) is 1. The van der Waals surface area contributed by atoms with Crippen molar-refractivity contribution in [1.29, 1.82) is 0 Å². The van der Waals surface area contributed by atoms with Crippen LogP contribution in [0.15, 0.2) is 82.6 Å². The first kappa shape index (κ1) is 25.7. The van der Waals surface area contributed by atoms with Gasteiger partial charge in [0.1, 0.15) is 5.75 Å². The molecule has 7 heteroatoms. The van der Waals surface area contributed by atoms with Crippen LogP contribution in [0, 0.1) is 0 Å². The third kappa shape index (κ3) is 7.03. The number of para-hydroxylation sites is 2. The molecule has 1 aliphatic rings. The highest BCUT2D eigenvalue weighted by Crippen LogP contribution is 2.48. The number of hydrogen-bond donors (Lipinski definition) is 1. The number of carboxylic acids is 1. The molecule has 0 saturated carbocycles. The van der Waals surface area contributed by atoms with E-state index >= 15 is 0 Å². The average Bonchev–Trinajstić information content (AvgIpc) is 2.83. The summed E-state index contributed by atoms with van der Waals surface area (Å²) in [6.45, 7) is 2.09. The number of rotatable bonds is 7. The van der Waals surface area contributed by atoms with Crippen molar-refractivity contribution in [3.05, 3.63) is 83.4 Å². The Morgan fingerprint density at radius 2 is 1.76 bits per heavy atom. The quantitative estimate of drug-likeness (QED) is 0.368. The van der Waals surface area contributed by atoms with Crippen LogP contribution in [0.3, 0.4) is 0 Å². The van der Waals surface area contributed by atoms with Crippen molar-refractivity contribution in [2.24, 2.45) is 0 Å². The molecule has 5 nitrogen and oxygen atoms in total. The summed E-state index contributed by atoms with van der Waals surface area (Å²) in [6.07, 6.45) is 3.71. The molecule has 3 aromatic carbocycles. The third-order valence-corrected chi connectivity index (χ3v) is 6.48. The molecule has 0 fully saturated rings. The Labute approximate surface area is 210 Å². The van der Waals surface area contributed by atoms with E-state index < -0.39 is 5.97 Å². The Morgan fingerprint density at radius 3 is 2.50 bits per heavy atom. The SMILES string of the molecule is CN(C)CCCN1c2ccccc2Sc2ccc(Cl)cc21.COc1ccccc1C=CC(=O)O. The summed E-state index contributed by atoms with van der Waals surface area (Å²) in [5.41, 5.74) is 3.27. The minimum absolute atomic E-state index is 0.667. The van der Waals surface area contributed by atoms with Crippen LogP contribution in [0.1, 0.15) is 12.0 Å². The monoisotopic (exact) mass is 496 g/mol. The van der Waals surface area contributed by atoms with Crippen LogP contribution in [0.5, 0.6) is 5.75 Å². The van der Waals surface area contributed by atoms with Crippen LogP contribution in [0.2, 0.25) is 5.02 Å². The van der Waals surface area contributed by atoms with Crippen molar-refractivity contribution in [3.8, 4) is 5.75 Å². The van der Waals surface area contributed by atoms with Crippen molar-refractivity contribution >= 4 is 46.8 Å². The molecule has 1 aliphatic heterocycles. The van der Waals surface area contributed by atoms with Crippen molar-refractivity contribution in [3.63, 3.8) is 0 Å². The lowest BCUT2D eigenvalue weighted by Gasteiger charge is -2.33. The second-order valence-corrected chi connectivity index (χ2v) is 9.42. The van der Waals surface area contributed by atoms with Gasteiger partial charge in [0, 0.05) is 33.0 Å². The van der Waals surface area contributed by atoms with Gasteiger partial charge in [0.15, 0.2) is 0 Å². The van der Waals surface area contributed by atoms with Crippen molar-refractivity contribution in [1.82, 2.24) is 4.90 Å². The van der Waals surface area contributed by atoms with Gasteiger partial charge in [0.2, 0.25) is 0 Å². The molecule has 4 rings (SSSR count). The van der Waals surface area contributed by atoms with Gasteiger partial charge in [0.05, 0.1) is 18.5 Å². The van der Waals surface area contributed by atoms with E-state index in [1.807, 2.05) is 30.0 Å². The summed E-state index contributed by atoms with van der Waals surface area (Å²) in [6, 6.07) is 22.0. The zero-order valence-electron chi connectivity index (χ0n) is 19.6. The molecule has 0 aliphatic carbocycles. The number of nitrogens with zero attached hydrogens (tertiary/aromatic N) is 2. The number of benzene rings is 3. The normalized spacial score (nSPS) is 12.1. The highest BCUT2D eigenvalue weighted by molar-refractivity contribution is 7.99. The highest BCUT2D eigenvalue weighted by atomic mass is 35.5. The van der Waals surface area contributed by atoms with E-state index in [9.17, 15) is 4.79 Å². The molecule has 0 radical (unpaired) electrons. The molecule has 1 heterocycles. The van der Waals surface area contributed by atoms with Gasteiger partial charge in [-0.1, -0.05) is 53.7 Å². The van der Waals surface area contributed by atoms with Gasteiger partial charge in [0.25, 0.3) is 0 Å². The maximum absolute atomic E-state index is 10.2. The zero-order valence-corrected chi connectivity index (χ0v) is 21.1. The van der Waals surface area contributed by atoms with Crippen LogP contribution in [-0.4, -0.2) is 50.3 Å². The minimum atomic E-state index is -0.967. The van der Waals surface area contributed by atoms with Gasteiger partial charge in [-0.3, -0.25) is 0 Å². The number of methoxy groups -OCH3 is 1. The molecule has 0 amide bonds. The molecule has 178 valence electrons. The number of anilines is 2. The third-order valence-electron chi connectivity index (χ3n) is 5.12. The fraction of sp³-hybridized carbons (Fsp3) is 0.222. The van der Waals surface area contributed by atoms with E-state index in [-0.39, 0.29) is 0 Å². The Balaban J connectivity index is 0.000000215. The standard InChI is InChI=1S/C17H19ClN2S.C10H10O3/c1-19(2)10-5-11-20-14-6-3-4-7-16(14)21-17-9-8-13(18)12-15(17)20;1-13-9-5-3-2-4-8(9)6-7-10(11)12/h3-4,6-9,12H,5,10-11H2,1-2H3;2-7H,1H3,(H,11,12). The zero-order chi connectivity index (χ0) is 24.5. The van der Waals surface area contributed by atoms with Crippen molar-refractivity contribution in [2.45, 2.75) is 16.2 Å². The van der Waals surface area contributed by atoms with E-state index in [4.69, 9.17) is 21.4 Å². The van der Waals surface area contributed by atoms with E-state index in [1.54, 1.807) is 19.2 Å². The van der Waals surface area contributed by atoms with Gasteiger partial charge in [-0.15, -0.1) is 0 Å². The second-order valence-electron chi connectivity index (χ2n) is 7.90. The smallest absolute Gasteiger partial charge is 0.328 e. The molecule has 34 heavy (non-hydrogen) atoms. The molecule has 0 unspecified atom stereocenters. The fourth-order valence-corrected chi connectivity index (χ4v) is 4.80. The van der Waals surface area contributed by atoms with Gasteiger partial charge in [-0.2, -0.15) is 0 Å². The molecule has 0 bridgehead atoms. The number of aliphatic carboxylic acids is 1. The maximum atomic E-state index is 10.2. The number of ether oxygens (including phenoxy) is 1. The fourth-order valence-electron chi connectivity index (χ4n) is 3.55. The number of halogens is 1. The van der Waals surface area contributed by atoms with Gasteiger partial charge >= 0.3 is 5.97 Å². The predicted octanol–water partition coefficient (Wildman–Crippen LogP) is 6.69. The molecule has 0 saturated heterocycles. The summed E-state index contributed by atoms with van der Waals surface area (Å²) >= 11 is 8.03. The molecule has 1 N–H and O–H groups in total. The Bertz CT molecular complexity index is 1150. The molecule has 0 atom stereocenters. The first-order chi connectivity index (χ1) is 16.4. The molecule has 0 spiro atoms. The van der Waals surface area contributed by atoms with Crippen LogP contribution in [0.25, 0.3) is 6.08 Å². The van der Waals surface area contributed by atoms with Crippen LogP contribution < -0.4 is 9.64 Å². The summed E-state index contributed by atoms with van der Waals surface area (Å²) in [4.78, 5) is 17.5. The lowest BCUT2D eigenvalue weighted by Crippen LogP contribution is -2.25. The number of hydrogen-bond acceptors (Lipinski definition) is 5. The van der Waals surface area contributed by atoms with Crippen molar-refractivity contribution < 1.29 is 14.6 Å². The van der Waals surface area contributed by atoms with Crippen LogP contribution in [-0.2, 0) is 4.79 Å². The topological polar surface area (TPSA) is 53.0 Å². The minimum Gasteiger partial charge on any atom is -0.496 e. The lowest BCUT2D eigenvalue weighted by molar-refractivity contribution is -0.131. The number of carbonyl (C=O) groups is 1. The van der Waals surface area contributed by atoms with E-state index in [1.165, 1.54) is 27.2 Å². The second kappa shape index (κ2) is 12.5. The largest absolute Gasteiger partial charge is 0.496 e. The first-order valence-corrected chi connectivity index (χ1v) is 12.1. The summed E-state index contributed by atoms with van der Waals surface area (Å²) < 4.78 is 5.03. The summed E-state index contributed by atoms with van der Waals surface area (Å²) in [5.74, 6) is -0.300. The molecule has 0 aromatic heterocycles. The van der Waals surface area contributed by atoms with E-state index in [0.717, 1.165) is 36.2 Å². The summed E-state index contributed by atoms with van der Waals surface area (Å²) in [5, 5.41) is 9.21. The molecular formula is C27H29ClN2O3S.